The molecule has 2 N–H and O–H groups in total. The molecule has 1 heterocycles. The van der Waals surface area contributed by atoms with Gasteiger partial charge in [0.05, 0.1) is 23.8 Å². The molecular weight excluding hydrogens is 473 g/mol. The molecule has 0 saturated heterocycles. The van der Waals surface area contributed by atoms with E-state index in [0.29, 0.717) is 18.7 Å². The standard InChI is InChI=1S/C19H27N5OS.HI/c1-5-17-23-16(13-26-17)12-22-19(20-6-2)21-11-14-7-9-15(10-8-14)18(25)24(3)4;/h7-10,13H,5-6,11-12H2,1-4H3,(H2,20,21,22);1H. The quantitative estimate of drug-likeness (QED) is 0.347. The van der Waals surface area contributed by atoms with Crippen LogP contribution in [-0.2, 0) is 19.5 Å². The maximum Gasteiger partial charge on any atom is 0.253 e. The molecule has 0 bridgehead atoms. The Labute approximate surface area is 182 Å². The number of guanidine groups is 1. The maximum atomic E-state index is 11.9. The average Bonchev–Trinajstić information content (AvgIpc) is 3.12. The minimum Gasteiger partial charge on any atom is -0.357 e. The highest BCUT2D eigenvalue weighted by Crippen LogP contribution is 2.10. The third-order valence-electron chi connectivity index (χ3n) is 3.71. The number of nitrogens with one attached hydrogen (secondary N) is 2. The van der Waals surface area contributed by atoms with E-state index in [4.69, 9.17) is 0 Å². The van der Waals surface area contributed by atoms with Crippen LogP contribution in [0.4, 0.5) is 0 Å². The second-order valence-corrected chi connectivity index (χ2v) is 6.97. The van der Waals surface area contributed by atoms with Crippen LogP contribution in [0.3, 0.4) is 0 Å². The number of hydrogen-bond donors (Lipinski definition) is 2. The number of aromatic nitrogens is 1. The van der Waals surface area contributed by atoms with E-state index >= 15 is 0 Å². The number of benzene rings is 1. The molecule has 0 fully saturated rings. The van der Waals surface area contributed by atoms with Crippen LogP contribution in [0.25, 0.3) is 0 Å². The van der Waals surface area contributed by atoms with E-state index in [2.05, 4.69) is 32.9 Å². The van der Waals surface area contributed by atoms with Gasteiger partial charge < -0.3 is 15.5 Å². The zero-order valence-electron chi connectivity index (χ0n) is 16.3. The Morgan fingerprint density at radius 3 is 2.44 bits per heavy atom. The zero-order chi connectivity index (χ0) is 18.9. The molecule has 0 unspecified atom stereocenters. The van der Waals surface area contributed by atoms with Gasteiger partial charge in [0, 0.05) is 31.6 Å². The van der Waals surface area contributed by atoms with Gasteiger partial charge in [0.1, 0.15) is 0 Å². The lowest BCUT2D eigenvalue weighted by Crippen LogP contribution is -2.36. The highest BCUT2D eigenvalue weighted by molar-refractivity contribution is 14.0. The van der Waals surface area contributed by atoms with Gasteiger partial charge in [-0.15, -0.1) is 35.3 Å². The lowest BCUT2D eigenvalue weighted by molar-refractivity contribution is 0.0827. The molecule has 1 aromatic heterocycles. The summed E-state index contributed by atoms with van der Waals surface area (Å²) in [4.78, 5) is 22.7. The first-order valence-electron chi connectivity index (χ1n) is 8.79. The summed E-state index contributed by atoms with van der Waals surface area (Å²) in [7, 11) is 3.50. The van der Waals surface area contributed by atoms with Crippen molar-refractivity contribution >= 4 is 47.2 Å². The Kier molecular flexibility index (Phi) is 10.3. The van der Waals surface area contributed by atoms with E-state index in [1.165, 1.54) is 0 Å². The van der Waals surface area contributed by atoms with Gasteiger partial charge >= 0.3 is 0 Å². The van der Waals surface area contributed by atoms with Crippen LogP contribution >= 0.6 is 35.3 Å². The van der Waals surface area contributed by atoms with Crippen molar-refractivity contribution in [1.82, 2.24) is 20.5 Å². The van der Waals surface area contributed by atoms with Gasteiger partial charge in [-0.05, 0) is 31.0 Å². The van der Waals surface area contributed by atoms with Crippen LogP contribution in [0.15, 0.2) is 34.6 Å². The number of amides is 1. The largest absolute Gasteiger partial charge is 0.357 e. The number of aliphatic imine (C=N–C) groups is 1. The summed E-state index contributed by atoms with van der Waals surface area (Å²) in [6, 6.07) is 7.57. The molecule has 1 amide bonds. The third kappa shape index (κ3) is 7.45. The zero-order valence-corrected chi connectivity index (χ0v) is 19.4. The summed E-state index contributed by atoms with van der Waals surface area (Å²) in [6.45, 7) is 6.14. The van der Waals surface area contributed by atoms with Crippen LogP contribution in [0.1, 0.15) is 40.5 Å². The molecule has 0 aliphatic carbocycles. The molecule has 6 nitrogen and oxygen atoms in total. The molecule has 2 rings (SSSR count). The first-order chi connectivity index (χ1) is 12.5. The van der Waals surface area contributed by atoms with Crippen molar-refractivity contribution in [2.24, 2.45) is 4.99 Å². The van der Waals surface area contributed by atoms with Crippen molar-refractivity contribution in [3.63, 3.8) is 0 Å². The Balaban J connectivity index is 0.00000364. The summed E-state index contributed by atoms with van der Waals surface area (Å²) in [5.74, 6) is 0.761. The molecular formula is C19H28IN5OS. The summed E-state index contributed by atoms with van der Waals surface area (Å²) in [5.41, 5.74) is 2.77. The minimum absolute atomic E-state index is 0. The Bertz CT molecular complexity index is 743. The molecule has 0 atom stereocenters. The van der Waals surface area contributed by atoms with E-state index in [1.54, 1.807) is 30.3 Å². The van der Waals surface area contributed by atoms with Gasteiger partial charge in [0.2, 0.25) is 0 Å². The lowest BCUT2D eigenvalue weighted by Gasteiger charge is -2.11. The number of rotatable bonds is 7. The van der Waals surface area contributed by atoms with E-state index < -0.39 is 0 Å². The van der Waals surface area contributed by atoms with Crippen LogP contribution in [0.5, 0.6) is 0 Å². The fraction of sp³-hybridized carbons (Fsp3) is 0.421. The van der Waals surface area contributed by atoms with E-state index in [0.717, 1.165) is 35.2 Å². The molecule has 0 aliphatic heterocycles. The highest BCUT2D eigenvalue weighted by Gasteiger charge is 2.07. The van der Waals surface area contributed by atoms with Gasteiger partial charge in [0.15, 0.2) is 5.96 Å². The number of aryl methyl sites for hydroxylation is 1. The fourth-order valence-corrected chi connectivity index (χ4v) is 3.03. The van der Waals surface area contributed by atoms with Crippen molar-refractivity contribution in [1.29, 1.82) is 0 Å². The Morgan fingerprint density at radius 2 is 1.89 bits per heavy atom. The summed E-state index contributed by atoms with van der Waals surface area (Å²) in [5, 5.41) is 9.78. The molecule has 148 valence electrons. The second-order valence-electron chi connectivity index (χ2n) is 6.03. The first kappa shape index (κ1) is 23.4. The monoisotopic (exact) mass is 501 g/mol. The molecule has 2 aromatic rings. The van der Waals surface area contributed by atoms with Crippen molar-refractivity contribution in [2.45, 2.75) is 33.4 Å². The fourth-order valence-electron chi connectivity index (χ4n) is 2.29. The van der Waals surface area contributed by atoms with Crippen LogP contribution in [0, 0.1) is 0 Å². The lowest BCUT2D eigenvalue weighted by atomic mass is 10.1. The van der Waals surface area contributed by atoms with Crippen LogP contribution in [-0.4, -0.2) is 42.4 Å². The second kappa shape index (κ2) is 11.9. The predicted molar refractivity (Wildman–Crippen MR) is 123 cm³/mol. The third-order valence-corrected chi connectivity index (χ3v) is 4.75. The van der Waals surface area contributed by atoms with E-state index in [9.17, 15) is 4.79 Å². The number of halogens is 1. The van der Waals surface area contributed by atoms with Crippen molar-refractivity contribution in [3.8, 4) is 0 Å². The minimum atomic E-state index is 0. The van der Waals surface area contributed by atoms with E-state index in [-0.39, 0.29) is 29.9 Å². The molecule has 0 aliphatic rings. The maximum absolute atomic E-state index is 11.9. The first-order valence-corrected chi connectivity index (χ1v) is 9.67. The highest BCUT2D eigenvalue weighted by atomic mass is 127. The molecule has 1 aromatic carbocycles. The number of carbonyl (C=O) groups excluding carboxylic acids is 1. The number of thiazole rings is 1. The predicted octanol–water partition coefficient (Wildman–Crippen LogP) is 3.28. The van der Waals surface area contributed by atoms with Crippen molar-refractivity contribution in [2.75, 3.05) is 20.6 Å². The number of hydrogen-bond acceptors (Lipinski definition) is 4. The topological polar surface area (TPSA) is 69.6 Å². The van der Waals surface area contributed by atoms with Crippen molar-refractivity contribution in [3.05, 3.63) is 51.5 Å². The van der Waals surface area contributed by atoms with Gasteiger partial charge in [-0.1, -0.05) is 19.1 Å². The molecule has 0 saturated carbocycles. The Morgan fingerprint density at radius 1 is 1.19 bits per heavy atom. The molecule has 0 spiro atoms. The summed E-state index contributed by atoms with van der Waals surface area (Å²) in [6.07, 6.45) is 0.963. The number of nitrogens with zero attached hydrogens (tertiary/aromatic N) is 3. The smallest absolute Gasteiger partial charge is 0.253 e. The average molecular weight is 501 g/mol. The summed E-state index contributed by atoms with van der Waals surface area (Å²) >= 11 is 1.69. The molecule has 8 heteroatoms. The van der Waals surface area contributed by atoms with Gasteiger partial charge in [-0.3, -0.25) is 4.79 Å². The van der Waals surface area contributed by atoms with Gasteiger partial charge in [0.25, 0.3) is 5.91 Å². The number of carbonyl (C=O) groups is 1. The SMILES string of the molecule is CCNC(=NCc1ccc(C(=O)N(C)C)cc1)NCc1csc(CC)n1.I. The normalized spacial score (nSPS) is 10.9. The van der Waals surface area contributed by atoms with E-state index in [1.807, 2.05) is 31.2 Å². The van der Waals surface area contributed by atoms with Gasteiger partial charge in [-0.2, -0.15) is 0 Å². The van der Waals surface area contributed by atoms with Crippen LogP contribution < -0.4 is 10.6 Å². The molecule has 0 radical (unpaired) electrons. The van der Waals surface area contributed by atoms with Gasteiger partial charge in [-0.25, -0.2) is 9.98 Å². The Hall–Kier alpha value is -1.68. The van der Waals surface area contributed by atoms with Crippen LogP contribution in [0.2, 0.25) is 0 Å². The summed E-state index contributed by atoms with van der Waals surface area (Å²) < 4.78 is 0. The molecule has 27 heavy (non-hydrogen) atoms. The van der Waals surface area contributed by atoms with Crippen molar-refractivity contribution < 1.29 is 4.79 Å².